The van der Waals surface area contributed by atoms with Gasteiger partial charge in [0.25, 0.3) is 0 Å². The van der Waals surface area contributed by atoms with Crippen molar-refractivity contribution >= 4 is 50.7 Å². The maximum absolute atomic E-state index is 13.1. The third-order valence-electron chi connectivity index (χ3n) is 5.57. The second kappa shape index (κ2) is 10.1. The first-order chi connectivity index (χ1) is 16.3. The van der Waals surface area contributed by atoms with Crippen molar-refractivity contribution in [1.29, 1.82) is 0 Å². The van der Waals surface area contributed by atoms with E-state index in [4.69, 9.17) is 0 Å². The molecule has 0 saturated carbocycles. The van der Waals surface area contributed by atoms with Crippen LogP contribution in [0.4, 0.5) is 18.9 Å². The molecule has 172 valence electrons. The third kappa shape index (κ3) is 5.08. The summed E-state index contributed by atoms with van der Waals surface area (Å²) in [6, 6.07) is 35.0. The van der Waals surface area contributed by atoms with Crippen LogP contribution in [0.5, 0.6) is 0 Å². The van der Waals surface area contributed by atoms with Crippen molar-refractivity contribution in [3.8, 4) is 0 Å². The van der Waals surface area contributed by atoms with Gasteiger partial charge >= 0.3 is 12.1 Å². The summed E-state index contributed by atoms with van der Waals surface area (Å²) >= 11 is 3.46. The van der Waals surface area contributed by atoms with Gasteiger partial charge in [0.1, 0.15) is 29.3 Å². The fourth-order valence-corrected chi connectivity index (χ4v) is 8.70. The molecule has 0 spiro atoms. The number of benzene rings is 4. The lowest BCUT2D eigenvalue weighted by Crippen LogP contribution is -2.33. The van der Waals surface area contributed by atoms with Gasteiger partial charge in [-0.15, -0.1) is 0 Å². The maximum Gasteiger partial charge on any atom is 0.471 e. The normalized spacial score (nSPS) is 11.8. The number of amides is 1. The number of carbonyl (C=O) groups is 1. The molecule has 0 heterocycles. The minimum Gasteiger partial charge on any atom is -0.318 e. The number of hydrogen-bond acceptors (Lipinski definition) is 1. The van der Waals surface area contributed by atoms with Gasteiger partial charge in [0.05, 0.1) is 0 Å². The zero-order valence-corrected chi connectivity index (χ0v) is 20.4. The predicted octanol–water partition coefficient (Wildman–Crippen LogP) is 6.44. The lowest BCUT2D eigenvalue weighted by Gasteiger charge is -2.28. The van der Waals surface area contributed by atoms with Crippen molar-refractivity contribution in [3.63, 3.8) is 0 Å². The molecule has 0 radical (unpaired) electrons. The smallest absolute Gasteiger partial charge is 0.318 e. The number of alkyl halides is 3. The van der Waals surface area contributed by atoms with Crippen LogP contribution in [0.25, 0.3) is 0 Å². The van der Waals surface area contributed by atoms with E-state index in [1.165, 1.54) is 6.07 Å². The van der Waals surface area contributed by atoms with Gasteiger partial charge in [0, 0.05) is 15.7 Å². The van der Waals surface area contributed by atoms with Crippen molar-refractivity contribution in [2.45, 2.75) is 12.3 Å². The van der Waals surface area contributed by atoms with Gasteiger partial charge in [-0.3, -0.25) is 4.79 Å². The quantitative estimate of drug-likeness (QED) is 0.279. The van der Waals surface area contributed by atoms with E-state index < -0.39 is 19.3 Å². The Kier molecular flexibility index (Phi) is 7.20. The van der Waals surface area contributed by atoms with Crippen molar-refractivity contribution < 1.29 is 18.0 Å². The molecule has 4 rings (SSSR count). The maximum atomic E-state index is 13.1. The van der Waals surface area contributed by atoms with Crippen LogP contribution in [-0.4, -0.2) is 12.1 Å². The van der Waals surface area contributed by atoms with Gasteiger partial charge in [-0.05, 0) is 54.6 Å². The Balaban J connectivity index is 1.95. The van der Waals surface area contributed by atoms with Crippen LogP contribution < -0.4 is 21.2 Å². The largest absolute Gasteiger partial charge is 0.471 e. The Morgan fingerprint density at radius 2 is 1.18 bits per heavy atom. The number of carbonyl (C=O) groups excluding carboxylic acids is 1. The average molecular weight is 543 g/mol. The molecule has 2 nitrogen and oxygen atoms in total. The zero-order chi connectivity index (χ0) is 24.2. The summed E-state index contributed by atoms with van der Waals surface area (Å²) in [4.78, 5) is 11.8. The highest BCUT2D eigenvalue weighted by Crippen LogP contribution is 2.59. The second-order valence-electron chi connectivity index (χ2n) is 7.73. The lowest BCUT2D eigenvalue weighted by molar-refractivity contribution is -0.167. The molecule has 0 unspecified atom stereocenters. The molecule has 0 aliphatic heterocycles. The van der Waals surface area contributed by atoms with Gasteiger partial charge in [0.15, 0.2) is 0 Å². The minimum absolute atomic E-state index is 0.151. The number of hydrogen-bond donors (Lipinski definition) is 1. The Bertz CT molecular complexity index is 1170. The molecule has 0 aliphatic rings. The Morgan fingerprint density at radius 3 is 1.59 bits per heavy atom. The predicted molar refractivity (Wildman–Crippen MR) is 138 cm³/mol. The van der Waals surface area contributed by atoms with Crippen LogP contribution in [0.1, 0.15) is 5.56 Å². The zero-order valence-electron chi connectivity index (χ0n) is 18.0. The molecule has 34 heavy (non-hydrogen) atoms. The van der Waals surface area contributed by atoms with Crippen molar-refractivity contribution in [1.82, 2.24) is 0 Å². The van der Waals surface area contributed by atoms with Crippen molar-refractivity contribution in [2.24, 2.45) is 0 Å². The Morgan fingerprint density at radius 1 is 0.735 bits per heavy atom. The Labute approximate surface area is 205 Å². The number of nitrogens with one attached hydrogen (secondary N) is 1. The summed E-state index contributed by atoms with van der Waals surface area (Å²) in [5.74, 6) is -1.99. The summed E-state index contributed by atoms with van der Waals surface area (Å²) in [5.41, 5.74) is 0.773. The highest BCUT2D eigenvalue weighted by atomic mass is 79.9. The van der Waals surface area contributed by atoms with E-state index in [1.807, 2.05) is 54.6 Å². The van der Waals surface area contributed by atoms with Gasteiger partial charge < -0.3 is 5.32 Å². The monoisotopic (exact) mass is 542 g/mol. The molecule has 0 aliphatic carbocycles. The molecule has 1 N–H and O–H groups in total. The van der Waals surface area contributed by atoms with E-state index in [2.05, 4.69) is 57.6 Å². The number of rotatable bonds is 6. The SMILES string of the molecule is O=C(Nc1ccc(Br)cc1C[P+](c1ccccc1)(c1ccccc1)c1ccccc1)C(F)(F)F. The van der Waals surface area contributed by atoms with E-state index in [-0.39, 0.29) is 5.69 Å². The highest BCUT2D eigenvalue weighted by molar-refractivity contribution is 9.10. The van der Waals surface area contributed by atoms with Gasteiger partial charge in [-0.1, -0.05) is 70.5 Å². The summed E-state index contributed by atoms with van der Waals surface area (Å²) in [5, 5.41) is 5.38. The van der Waals surface area contributed by atoms with E-state index in [0.29, 0.717) is 11.7 Å². The Hall–Kier alpha value is -2.95. The summed E-state index contributed by atoms with van der Waals surface area (Å²) in [6.45, 7) is 0. The van der Waals surface area contributed by atoms with Crippen LogP contribution >= 0.6 is 23.2 Å². The highest BCUT2D eigenvalue weighted by Gasteiger charge is 2.46. The van der Waals surface area contributed by atoms with Gasteiger partial charge in [-0.25, -0.2) is 0 Å². The van der Waals surface area contributed by atoms with Crippen LogP contribution in [-0.2, 0) is 11.0 Å². The first-order valence-corrected chi connectivity index (χ1v) is 13.3. The second-order valence-corrected chi connectivity index (χ2v) is 12.1. The van der Waals surface area contributed by atoms with Crippen molar-refractivity contribution in [3.05, 3.63) is 119 Å². The molecule has 0 bridgehead atoms. The van der Waals surface area contributed by atoms with E-state index >= 15 is 0 Å². The number of anilines is 1. The van der Waals surface area contributed by atoms with E-state index in [9.17, 15) is 18.0 Å². The third-order valence-corrected chi connectivity index (χ3v) is 10.4. The molecule has 0 aromatic heterocycles. The molecule has 7 heteroatoms. The van der Waals surface area contributed by atoms with Crippen LogP contribution in [0.2, 0.25) is 0 Å². The molecule has 4 aromatic carbocycles. The first-order valence-electron chi connectivity index (χ1n) is 10.5. The van der Waals surface area contributed by atoms with Crippen LogP contribution in [0.15, 0.2) is 114 Å². The molecule has 0 saturated heterocycles. The molecule has 0 fully saturated rings. The van der Waals surface area contributed by atoms with Crippen LogP contribution in [0.3, 0.4) is 0 Å². The molecule has 4 aromatic rings. The summed E-state index contributed by atoms with van der Waals surface area (Å²) in [7, 11) is -2.36. The fourth-order valence-electron chi connectivity index (χ4n) is 4.03. The van der Waals surface area contributed by atoms with Gasteiger partial charge in [-0.2, -0.15) is 13.2 Å². The molecular formula is C27H21BrF3NOP+. The van der Waals surface area contributed by atoms with E-state index in [1.54, 1.807) is 12.1 Å². The standard InChI is InChI=1S/C27H20BrF3NOP/c28-21-16-17-25(32-26(33)27(29,30)31)20(18-21)19-34(22-10-4-1-5-11-22,23-12-6-2-7-13-23)24-14-8-3-9-15-24/h1-18H,19H2/p+1. The minimum atomic E-state index is -4.98. The van der Waals surface area contributed by atoms with Crippen LogP contribution in [0, 0.1) is 0 Å². The molecule has 0 atom stereocenters. The average Bonchev–Trinajstić information content (AvgIpc) is 2.85. The van der Waals surface area contributed by atoms with Gasteiger partial charge in [0.2, 0.25) is 0 Å². The molecule has 1 amide bonds. The summed E-state index contributed by atoms with van der Waals surface area (Å²) < 4.78 is 39.9. The number of halogens is 4. The lowest BCUT2D eigenvalue weighted by atomic mass is 10.2. The van der Waals surface area contributed by atoms with Crippen molar-refractivity contribution in [2.75, 3.05) is 5.32 Å². The molecular weight excluding hydrogens is 522 g/mol. The fraction of sp³-hybridized carbons (Fsp3) is 0.0741. The first kappa shape index (κ1) is 24.2. The van der Waals surface area contributed by atoms with E-state index in [0.717, 1.165) is 20.4 Å². The topological polar surface area (TPSA) is 29.1 Å². The summed E-state index contributed by atoms with van der Waals surface area (Å²) in [6.07, 6.45) is -4.55.